The van der Waals surface area contributed by atoms with Gasteiger partial charge < -0.3 is 15.4 Å². The molecule has 1 aromatic rings. The average Bonchev–Trinajstić information content (AvgIpc) is 2.92. The van der Waals surface area contributed by atoms with Crippen LogP contribution in [0.1, 0.15) is 38.2 Å². The molecular formula is C19H25N3O4. The summed E-state index contributed by atoms with van der Waals surface area (Å²) in [5, 5.41) is 5.12. The van der Waals surface area contributed by atoms with Crippen LogP contribution in [0.3, 0.4) is 0 Å². The molecule has 0 spiro atoms. The number of benzene rings is 1. The lowest BCUT2D eigenvalue weighted by molar-refractivity contribution is -0.128. The number of imide groups is 1. The highest BCUT2D eigenvalue weighted by molar-refractivity contribution is 6.06. The Bertz CT molecular complexity index is 675. The van der Waals surface area contributed by atoms with Gasteiger partial charge in [-0.15, -0.1) is 0 Å². The van der Waals surface area contributed by atoms with E-state index in [4.69, 9.17) is 4.74 Å². The lowest BCUT2D eigenvalue weighted by atomic mass is 9.89. The van der Waals surface area contributed by atoms with Crippen LogP contribution in [0.15, 0.2) is 24.3 Å². The first-order valence-electron chi connectivity index (χ1n) is 9.10. The lowest BCUT2D eigenvalue weighted by Crippen LogP contribution is -2.38. The number of nitrogens with zero attached hydrogens (tertiary/aromatic N) is 1. The molecule has 2 fully saturated rings. The molecule has 1 saturated carbocycles. The Hall–Kier alpha value is -2.41. The van der Waals surface area contributed by atoms with Crippen molar-refractivity contribution in [3.8, 4) is 0 Å². The molecule has 2 aliphatic rings. The van der Waals surface area contributed by atoms with E-state index < -0.39 is 17.8 Å². The summed E-state index contributed by atoms with van der Waals surface area (Å²) in [7, 11) is 0. The number of amides is 4. The third-order valence-electron chi connectivity index (χ3n) is 4.82. The number of urea groups is 1. The van der Waals surface area contributed by atoms with E-state index in [1.807, 2.05) is 18.2 Å². The highest BCUT2D eigenvalue weighted by atomic mass is 16.5. The molecule has 0 bridgehead atoms. The fourth-order valence-electron chi connectivity index (χ4n) is 3.44. The summed E-state index contributed by atoms with van der Waals surface area (Å²) in [4.78, 5) is 36.0. The highest BCUT2D eigenvalue weighted by Crippen LogP contribution is 2.26. The predicted octanol–water partition coefficient (Wildman–Crippen LogP) is 2.27. The van der Waals surface area contributed by atoms with E-state index >= 15 is 0 Å². The number of rotatable bonds is 6. The van der Waals surface area contributed by atoms with E-state index in [-0.39, 0.29) is 13.1 Å². The predicted molar refractivity (Wildman–Crippen MR) is 96.4 cm³/mol. The van der Waals surface area contributed by atoms with Crippen molar-refractivity contribution in [2.24, 2.45) is 5.92 Å². The average molecular weight is 359 g/mol. The van der Waals surface area contributed by atoms with Crippen LogP contribution in [0.25, 0.3) is 0 Å². The van der Waals surface area contributed by atoms with Gasteiger partial charge in [-0.25, -0.2) is 4.79 Å². The van der Waals surface area contributed by atoms with Gasteiger partial charge in [-0.05, 0) is 36.5 Å². The molecule has 1 aliphatic heterocycles. The van der Waals surface area contributed by atoms with Crippen LogP contribution in [0.5, 0.6) is 0 Å². The molecule has 1 heterocycles. The number of ether oxygens (including phenoxy) is 1. The zero-order valence-electron chi connectivity index (χ0n) is 15.0. The Labute approximate surface area is 153 Å². The number of hydrogen-bond donors (Lipinski definition) is 2. The van der Waals surface area contributed by atoms with Gasteiger partial charge >= 0.3 is 6.03 Å². The van der Waals surface area contributed by atoms with Crippen LogP contribution in [0.4, 0.5) is 10.5 Å². The summed E-state index contributed by atoms with van der Waals surface area (Å²) < 4.78 is 6.02. The summed E-state index contributed by atoms with van der Waals surface area (Å²) in [6, 6.07) is 6.91. The van der Waals surface area contributed by atoms with E-state index in [1.54, 1.807) is 6.07 Å². The largest absolute Gasteiger partial charge is 0.374 e. The Kier molecular flexibility index (Phi) is 5.88. The second-order valence-electron chi connectivity index (χ2n) is 7.09. The Morgan fingerprint density at radius 1 is 1.35 bits per heavy atom. The topological polar surface area (TPSA) is 87.7 Å². The molecule has 4 amide bonds. The smallest absolute Gasteiger partial charge is 0.325 e. The Morgan fingerprint density at radius 3 is 2.92 bits per heavy atom. The second kappa shape index (κ2) is 8.31. The minimum Gasteiger partial charge on any atom is -0.374 e. The normalized spacial score (nSPS) is 23.0. The molecule has 3 rings (SSSR count). The highest BCUT2D eigenvalue weighted by Gasteiger charge is 2.30. The SMILES string of the molecule is C[C@@H]1CCC[C@H](OCc2cccc(NC(=O)CN3C(=O)CNC3=O)c2)C1. The van der Waals surface area contributed by atoms with Gasteiger partial charge in [0.25, 0.3) is 5.91 Å². The first kappa shape index (κ1) is 18.4. The van der Waals surface area contributed by atoms with E-state index in [2.05, 4.69) is 17.6 Å². The summed E-state index contributed by atoms with van der Waals surface area (Å²) in [5.41, 5.74) is 1.61. The van der Waals surface area contributed by atoms with Crippen molar-refractivity contribution in [2.45, 2.75) is 45.3 Å². The molecule has 0 aromatic heterocycles. The summed E-state index contributed by atoms with van der Waals surface area (Å²) >= 11 is 0. The van der Waals surface area contributed by atoms with Gasteiger partial charge in [-0.1, -0.05) is 31.9 Å². The summed E-state index contributed by atoms with van der Waals surface area (Å²) in [5.74, 6) is -0.0894. The van der Waals surface area contributed by atoms with Gasteiger partial charge in [0.15, 0.2) is 0 Å². The third kappa shape index (κ3) is 4.82. The van der Waals surface area contributed by atoms with Crippen LogP contribution in [0.2, 0.25) is 0 Å². The van der Waals surface area contributed by atoms with Crippen LogP contribution in [-0.2, 0) is 20.9 Å². The maximum atomic E-state index is 12.1. The monoisotopic (exact) mass is 359 g/mol. The van der Waals surface area contributed by atoms with E-state index in [9.17, 15) is 14.4 Å². The number of nitrogens with one attached hydrogen (secondary N) is 2. The Morgan fingerprint density at radius 2 is 2.19 bits per heavy atom. The van der Waals surface area contributed by atoms with Crippen molar-refractivity contribution in [1.29, 1.82) is 0 Å². The van der Waals surface area contributed by atoms with Crippen molar-refractivity contribution < 1.29 is 19.1 Å². The molecule has 1 aliphatic carbocycles. The summed E-state index contributed by atoms with van der Waals surface area (Å²) in [6.45, 7) is 2.43. The molecule has 7 nitrogen and oxygen atoms in total. The van der Waals surface area contributed by atoms with Gasteiger partial charge in [0.05, 0.1) is 19.3 Å². The third-order valence-corrected chi connectivity index (χ3v) is 4.82. The van der Waals surface area contributed by atoms with Crippen LogP contribution in [0, 0.1) is 5.92 Å². The van der Waals surface area contributed by atoms with Crippen molar-refractivity contribution in [3.63, 3.8) is 0 Å². The minimum atomic E-state index is -0.533. The number of hydrogen-bond acceptors (Lipinski definition) is 4. The minimum absolute atomic E-state index is 0.0568. The van der Waals surface area contributed by atoms with Crippen LogP contribution >= 0.6 is 0 Å². The van der Waals surface area contributed by atoms with Gasteiger partial charge in [-0.3, -0.25) is 14.5 Å². The quantitative estimate of drug-likeness (QED) is 0.763. The molecule has 2 N–H and O–H groups in total. The number of carbonyl (C=O) groups excluding carboxylic acids is 3. The molecule has 0 unspecified atom stereocenters. The van der Waals surface area contributed by atoms with Crippen molar-refractivity contribution in [1.82, 2.24) is 10.2 Å². The molecule has 2 atom stereocenters. The Balaban J connectivity index is 1.51. The lowest BCUT2D eigenvalue weighted by Gasteiger charge is -2.26. The van der Waals surface area contributed by atoms with E-state index in [0.29, 0.717) is 24.3 Å². The molecule has 1 saturated heterocycles. The molecule has 26 heavy (non-hydrogen) atoms. The molecule has 7 heteroatoms. The maximum Gasteiger partial charge on any atom is 0.325 e. The number of anilines is 1. The number of carbonyl (C=O) groups is 3. The first-order valence-corrected chi connectivity index (χ1v) is 9.10. The second-order valence-corrected chi connectivity index (χ2v) is 7.09. The fraction of sp³-hybridized carbons (Fsp3) is 0.526. The molecule has 0 radical (unpaired) electrons. The fourth-order valence-corrected chi connectivity index (χ4v) is 3.44. The van der Waals surface area contributed by atoms with Gasteiger partial charge in [-0.2, -0.15) is 0 Å². The van der Waals surface area contributed by atoms with Crippen molar-refractivity contribution in [2.75, 3.05) is 18.4 Å². The maximum absolute atomic E-state index is 12.1. The van der Waals surface area contributed by atoms with Crippen LogP contribution < -0.4 is 10.6 Å². The van der Waals surface area contributed by atoms with Gasteiger partial charge in [0, 0.05) is 5.69 Å². The van der Waals surface area contributed by atoms with Crippen LogP contribution in [-0.4, -0.2) is 41.9 Å². The van der Waals surface area contributed by atoms with E-state index in [0.717, 1.165) is 23.3 Å². The summed E-state index contributed by atoms with van der Waals surface area (Å²) in [6.07, 6.45) is 5.00. The molecular weight excluding hydrogens is 334 g/mol. The van der Waals surface area contributed by atoms with E-state index in [1.165, 1.54) is 12.8 Å². The zero-order valence-corrected chi connectivity index (χ0v) is 15.0. The van der Waals surface area contributed by atoms with Crippen molar-refractivity contribution >= 4 is 23.5 Å². The van der Waals surface area contributed by atoms with Gasteiger partial charge in [0.2, 0.25) is 5.91 Å². The molecule has 140 valence electrons. The van der Waals surface area contributed by atoms with Crippen molar-refractivity contribution in [3.05, 3.63) is 29.8 Å². The zero-order chi connectivity index (χ0) is 18.5. The first-order chi connectivity index (χ1) is 12.5. The van der Waals surface area contributed by atoms with Gasteiger partial charge in [0.1, 0.15) is 6.54 Å². The standard InChI is InChI=1S/C19H25N3O4/c1-13-4-2-7-16(8-13)26-12-14-5-3-6-15(9-14)21-17(23)11-22-18(24)10-20-19(22)25/h3,5-6,9,13,16H,2,4,7-8,10-12H2,1H3,(H,20,25)(H,21,23)/t13-,16+/m1/s1. The molecule has 1 aromatic carbocycles.